The van der Waals surface area contributed by atoms with Crippen LogP contribution in [0.2, 0.25) is 4.34 Å². The molecule has 1 aliphatic heterocycles. The van der Waals surface area contributed by atoms with E-state index >= 15 is 0 Å². The molecule has 1 aliphatic carbocycles. The zero-order valence-corrected chi connectivity index (χ0v) is 13.4. The van der Waals surface area contributed by atoms with Crippen LogP contribution in [-0.2, 0) is 6.54 Å². The molecule has 19 heavy (non-hydrogen) atoms. The number of rotatable bonds is 4. The van der Waals surface area contributed by atoms with Crippen molar-refractivity contribution in [3.63, 3.8) is 0 Å². The van der Waals surface area contributed by atoms with E-state index in [0.717, 1.165) is 23.3 Å². The van der Waals surface area contributed by atoms with Gasteiger partial charge in [0.2, 0.25) is 0 Å². The van der Waals surface area contributed by atoms with E-state index in [-0.39, 0.29) is 5.54 Å². The summed E-state index contributed by atoms with van der Waals surface area (Å²) in [5.41, 5.74) is 0.280. The third kappa shape index (κ3) is 2.99. The van der Waals surface area contributed by atoms with E-state index in [2.05, 4.69) is 30.1 Å². The highest BCUT2D eigenvalue weighted by molar-refractivity contribution is 7.16. The van der Waals surface area contributed by atoms with Crippen LogP contribution < -0.4 is 5.32 Å². The zero-order valence-electron chi connectivity index (χ0n) is 11.8. The quantitative estimate of drug-likeness (QED) is 0.910. The van der Waals surface area contributed by atoms with E-state index in [1.54, 1.807) is 11.3 Å². The summed E-state index contributed by atoms with van der Waals surface area (Å²) in [7, 11) is 0. The maximum Gasteiger partial charge on any atom is 0.0931 e. The first-order chi connectivity index (χ1) is 9.10. The number of hydrogen-bond donors (Lipinski definition) is 1. The number of nitrogens with one attached hydrogen (secondary N) is 1. The van der Waals surface area contributed by atoms with E-state index in [0.29, 0.717) is 6.04 Å². The molecule has 2 atom stereocenters. The van der Waals surface area contributed by atoms with Gasteiger partial charge in [-0.15, -0.1) is 11.3 Å². The van der Waals surface area contributed by atoms with E-state index in [1.165, 1.54) is 30.7 Å². The summed E-state index contributed by atoms with van der Waals surface area (Å²) in [5, 5.41) is 3.78. The highest BCUT2D eigenvalue weighted by atomic mass is 35.5. The van der Waals surface area contributed by atoms with Gasteiger partial charge in [-0.1, -0.05) is 18.5 Å². The van der Waals surface area contributed by atoms with Gasteiger partial charge < -0.3 is 5.32 Å². The summed E-state index contributed by atoms with van der Waals surface area (Å²) in [6.45, 7) is 8.03. The SMILES string of the molecule is CCC1(C)CNC(C2CC2)CN1Cc1ccc(Cl)s1. The highest BCUT2D eigenvalue weighted by Crippen LogP contribution is 2.37. The minimum Gasteiger partial charge on any atom is -0.311 e. The van der Waals surface area contributed by atoms with Crippen LogP contribution in [-0.4, -0.2) is 29.6 Å². The predicted molar refractivity (Wildman–Crippen MR) is 82.9 cm³/mol. The summed E-state index contributed by atoms with van der Waals surface area (Å²) in [4.78, 5) is 4.07. The molecule has 1 aromatic heterocycles. The molecule has 2 fully saturated rings. The van der Waals surface area contributed by atoms with Crippen molar-refractivity contribution in [3.05, 3.63) is 21.3 Å². The zero-order chi connectivity index (χ0) is 13.5. The fourth-order valence-corrected chi connectivity index (χ4v) is 4.13. The lowest BCUT2D eigenvalue weighted by molar-refractivity contribution is 0.0378. The van der Waals surface area contributed by atoms with Crippen molar-refractivity contribution in [2.24, 2.45) is 5.92 Å². The van der Waals surface area contributed by atoms with Crippen molar-refractivity contribution in [2.75, 3.05) is 13.1 Å². The molecule has 4 heteroatoms. The Balaban J connectivity index is 1.72. The van der Waals surface area contributed by atoms with Crippen LogP contribution >= 0.6 is 22.9 Å². The second kappa shape index (κ2) is 5.36. The van der Waals surface area contributed by atoms with Gasteiger partial charge in [0.1, 0.15) is 0 Å². The van der Waals surface area contributed by atoms with Gasteiger partial charge in [-0.25, -0.2) is 0 Å². The molecule has 3 rings (SSSR count). The average Bonchev–Trinajstić information content (AvgIpc) is 3.16. The average molecular weight is 299 g/mol. The molecule has 0 radical (unpaired) electrons. The van der Waals surface area contributed by atoms with Crippen LogP contribution in [0.1, 0.15) is 38.0 Å². The van der Waals surface area contributed by atoms with Gasteiger partial charge in [0, 0.05) is 36.1 Å². The maximum absolute atomic E-state index is 6.06. The molecule has 2 unspecified atom stereocenters. The summed E-state index contributed by atoms with van der Waals surface area (Å²) >= 11 is 7.78. The first-order valence-corrected chi connectivity index (χ1v) is 8.53. The molecule has 1 saturated carbocycles. The van der Waals surface area contributed by atoms with Gasteiger partial charge in [-0.2, -0.15) is 0 Å². The normalized spacial score (nSPS) is 32.7. The van der Waals surface area contributed by atoms with Crippen molar-refractivity contribution in [3.8, 4) is 0 Å². The maximum atomic E-state index is 6.06. The van der Waals surface area contributed by atoms with Gasteiger partial charge in [-0.3, -0.25) is 4.90 Å². The smallest absolute Gasteiger partial charge is 0.0931 e. The van der Waals surface area contributed by atoms with Gasteiger partial charge in [0.05, 0.1) is 4.34 Å². The second-order valence-corrected chi connectivity index (χ2v) is 8.06. The van der Waals surface area contributed by atoms with Crippen LogP contribution in [0.15, 0.2) is 12.1 Å². The largest absolute Gasteiger partial charge is 0.311 e. The monoisotopic (exact) mass is 298 g/mol. The van der Waals surface area contributed by atoms with Gasteiger partial charge in [0.25, 0.3) is 0 Å². The Morgan fingerprint density at radius 2 is 2.26 bits per heavy atom. The molecule has 0 bridgehead atoms. The topological polar surface area (TPSA) is 15.3 Å². The lowest BCUT2D eigenvalue weighted by Gasteiger charge is -2.48. The van der Waals surface area contributed by atoms with Crippen molar-refractivity contribution in [2.45, 2.75) is 51.2 Å². The Kier molecular flexibility index (Phi) is 3.91. The molecule has 106 valence electrons. The summed E-state index contributed by atoms with van der Waals surface area (Å²) in [6, 6.07) is 4.90. The molecule has 2 heterocycles. The lowest BCUT2D eigenvalue weighted by atomic mass is 9.91. The van der Waals surface area contributed by atoms with Crippen molar-refractivity contribution >= 4 is 22.9 Å². The van der Waals surface area contributed by atoms with Crippen LogP contribution in [0.25, 0.3) is 0 Å². The second-order valence-electron chi connectivity index (χ2n) is 6.26. The number of halogens is 1. The molecule has 0 aromatic carbocycles. The van der Waals surface area contributed by atoms with E-state index < -0.39 is 0 Å². The first-order valence-electron chi connectivity index (χ1n) is 7.33. The Labute approximate surface area is 125 Å². The third-order valence-corrected chi connectivity index (χ3v) is 6.07. The molecule has 2 nitrogen and oxygen atoms in total. The summed E-state index contributed by atoms with van der Waals surface area (Å²) in [5.74, 6) is 0.927. The Bertz CT molecular complexity index is 443. The summed E-state index contributed by atoms with van der Waals surface area (Å²) < 4.78 is 0.905. The lowest BCUT2D eigenvalue weighted by Crippen LogP contribution is -2.63. The molecular formula is C15H23ClN2S. The molecule has 1 N–H and O–H groups in total. The molecular weight excluding hydrogens is 276 g/mol. The fraction of sp³-hybridized carbons (Fsp3) is 0.733. The summed E-state index contributed by atoms with van der Waals surface area (Å²) in [6.07, 6.45) is 4.02. The molecule has 0 amide bonds. The van der Waals surface area contributed by atoms with Crippen LogP contribution in [0.5, 0.6) is 0 Å². The highest BCUT2D eigenvalue weighted by Gasteiger charge is 2.41. The van der Waals surface area contributed by atoms with Crippen molar-refractivity contribution in [1.82, 2.24) is 10.2 Å². The number of thiophene rings is 1. The van der Waals surface area contributed by atoms with E-state index in [4.69, 9.17) is 11.6 Å². The minimum atomic E-state index is 0.280. The van der Waals surface area contributed by atoms with Gasteiger partial charge >= 0.3 is 0 Å². The van der Waals surface area contributed by atoms with Crippen LogP contribution in [0.3, 0.4) is 0 Å². The third-order valence-electron chi connectivity index (χ3n) is 4.85. The van der Waals surface area contributed by atoms with Crippen molar-refractivity contribution < 1.29 is 0 Å². The van der Waals surface area contributed by atoms with Crippen LogP contribution in [0, 0.1) is 5.92 Å². The number of piperazine rings is 1. The number of nitrogens with zero attached hydrogens (tertiary/aromatic N) is 1. The van der Waals surface area contributed by atoms with E-state index in [1.807, 2.05) is 6.07 Å². The molecule has 1 saturated heterocycles. The van der Waals surface area contributed by atoms with Crippen LogP contribution in [0.4, 0.5) is 0 Å². The molecule has 0 spiro atoms. The molecule has 2 aliphatic rings. The minimum absolute atomic E-state index is 0.280. The first kappa shape index (κ1) is 13.9. The fourth-order valence-electron chi connectivity index (χ4n) is 3.03. The Morgan fingerprint density at radius 3 is 2.84 bits per heavy atom. The Hall–Kier alpha value is -0.0900. The predicted octanol–water partition coefficient (Wildman–Crippen LogP) is 3.75. The van der Waals surface area contributed by atoms with Gasteiger partial charge in [0.15, 0.2) is 0 Å². The molecule has 1 aromatic rings. The van der Waals surface area contributed by atoms with Gasteiger partial charge in [-0.05, 0) is 44.2 Å². The Morgan fingerprint density at radius 1 is 1.47 bits per heavy atom. The standard InChI is InChI=1S/C15H23ClN2S/c1-3-15(2)10-17-13(11-4-5-11)9-18(15)8-12-6-7-14(16)19-12/h6-7,11,13,17H,3-5,8-10H2,1-2H3. The van der Waals surface area contributed by atoms with E-state index in [9.17, 15) is 0 Å². The number of hydrogen-bond acceptors (Lipinski definition) is 3. The van der Waals surface area contributed by atoms with Crippen molar-refractivity contribution in [1.29, 1.82) is 0 Å².